The average Bonchev–Trinajstić information content (AvgIpc) is 3.27. The molecule has 0 aromatic heterocycles. The number of hydrogen-bond acceptors (Lipinski definition) is 5. The molecule has 1 aliphatic heterocycles. The summed E-state index contributed by atoms with van der Waals surface area (Å²) in [5.41, 5.74) is 0.737. The van der Waals surface area contributed by atoms with Gasteiger partial charge in [0.1, 0.15) is 0 Å². The number of benzene rings is 1. The second-order valence-corrected chi connectivity index (χ2v) is 7.63. The van der Waals surface area contributed by atoms with Crippen LogP contribution in [0.1, 0.15) is 12.0 Å². The van der Waals surface area contributed by atoms with Crippen LogP contribution in [0.3, 0.4) is 0 Å². The number of carbonyl (C=O) groups excluding carboxylic acids is 2. The van der Waals surface area contributed by atoms with E-state index in [0.717, 1.165) is 20.6 Å². The van der Waals surface area contributed by atoms with E-state index in [0.29, 0.717) is 11.5 Å². The Balaban J connectivity index is 1.60. The van der Waals surface area contributed by atoms with Gasteiger partial charge in [-0.3, -0.25) is 9.59 Å². The minimum Gasteiger partial charge on any atom is -0.493 e. The first-order valence-electron chi connectivity index (χ1n) is 8.06. The molecule has 2 amide bonds. The molecule has 6 nitrogen and oxygen atoms in total. The second-order valence-electron chi connectivity index (χ2n) is 6.47. The number of allylic oxidation sites excluding steroid dienone is 2. The number of carbonyl (C=O) groups is 2. The van der Waals surface area contributed by atoms with Crippen LogP contribution < -0.4 is 9.47 Å². The van der Waals surface area contributed by atoms with Crippen molar-refractivity contribution in [3.05, 3.63) is 33.4 Å². The molecule has 25 heavy (non-hydrogen) atoms. The van der Waals surface area contributed by atoms with Crippen LogP contribution in [0.25, 0.3) is 0 Å². The molecule has 0 unspecified atom stereocenters. The summed E-state index contributed by atoms with van der Waals surface area (Å²) in [6, 6.07) is 3.63. The lowest BCUT2D eigenvalue weighted by Gasteiger charge is -2.13. The van der Waals surface area contributed by atoms with Gasteiger partial charge in [0.05, 0.1) is 35.8 Å². The maximum absolute atomic E-state index is 12.6. The number of amides is 2. The number of halogens is 1. The topological polar surface area (TPSA) is 68.2 Å². The molecule has 2 fully saturated rings. The first-order valence-corrected chi connectivity index (χ1v) is 9.14. The van der Waals surface area contributed by atoms with Crippen molar-refractivity contribution in [3.8, 4) is 11.5 Å². The highest BCUT2D eigenvalue weighted by molar-refractivity contribution is 14.1. The second kappa shape index (κ2) is 6.12. The molecule has 1 aromatic carbocycles. The van der Waals surface area contributed by atoms with Gasteiger partial charge in [-0.05, 0) is 58.5 Å². The Morgan fingerprint density at radius 1 is 1.12 bits per heavy atom. The highest BCUT2D eigenvalue weighted by Gasteiger charge is 2.59. The number of nitrogens with zero attached hydrogens (tertiary/aromatic N) is 2. The quantitative estimate of drug-likeness (QED) is 0.305. The summed E-state index contributed by atoms with van der Waals surface area (Å²) in [5.74, 6) is 0.772. The Hall–Kier alpha value is -1.90. The smallest absolute Gasteiger partial charge is 0.254 e. The molecule has 2 bridgehead atoms. The Kier molecular flexibility index (Phi) is 4.05. The van der Waals surface area contributed by atoms with E-state index in [1.807, 2.05) is 6.07 Å². The van der Waals surface area contributed by atoms with Crippen molar-refractivity contribution in [1.82, 2.24) is 5.01 Å². The fourth-order valence-corrected chi connectivity index (χ4v) is 4.98. The third-order valence-corrected chi connectivity index (χ3v) is 6.03. The minimum absolute atomic E-state index is 0.182. The van der Waals surface area contributed by atoms with Gasteiger partial charge in [-0.25, -0.2) is 0 Å². The average molecular weight is 452 g/mol. The van der Waals surface area contributed by atoms with E-state index in [4.69, 9.17) is 9.47 Å². The predicted octanol–water partition coefficient (Wildman–Crippen LogP) is 2.45. The maximum atomic E-state index is 12.6. The molecule has 130 valence electrons. The zero-order chi connectivity index (χ0) is 17.7. The van der Waals surface area contributed by atoms with Crippen LogP contribution >= 0.6 is 22.6 Å². The van der Waals surface area contributed by atoms with Gasteiger partial charge in [-0.1, -0.05) is 12.2 Å². The Bertz CT molecular complexity index is 790. The van der Waals surface area contributed by atoms with Gasteiger partial charge in [0.25, 0.3) is 11.8 Å². The Labute approximate surface area is 159 Å². The summed E-state index contributed by atoms with van der Waals surface area (Å²) in [6.45, 7) is 0. The molecular formula is C18H17IN2O4. The maximum Gasteiger partial charge on any atom is 0.254 e. The molecule has 1 saturated carbocycles. The largest absolute Gasteiger partial charge is 0.493 e. The van der Waals surface area contributed by atoms with Crippen LogP contribution in [0.5, 0.6) is 11.5 Å². The molecule has 1 heterocycles. The summed E-state index contributed by atoms with van der Waals surface area (Å²) >= 11 is 2.14. The lowest BCUT2D eigenvalue weighted by atomic mass is 9.85. The normalized spacial score (nSPS) is 29.8. The molecule has 4 rings (SSSR count). The SMILES string of the molecule is COc1cc(/C=N\N2C(=O)[C@@H]3[C@@H](C2=O)[C@H]2C=C[C@H]3C2)cc(I)c1OC. The summed E-state index contributed by atoms with van der Waals surface area (Å²) < 4.78 is 11.5. The zero-order valence-corrected chi connectivity index (χ0v) is 16.0. The van der Waals surface area contributed by atoms with Crippen molar-refractivity contribution in [1.29, 1.82) is 0 Å². The highest BCUT2D eigenvalue weighted by Crippen LogP contribution is 2.52. The Morgan fingerprint density at radius 3 is 2.32 bits per heavy atom. The molecule has 3 aliphatic rings. The van der Waals surface area contributed by atoms with Crippen molar-refractivity contribution >= 4 is 40.6 Å². The lowest BCUT2D eigenvalue weighted by Crippen LogP contribution is -2.28. The molecule has 1 aromatic rings. The summed E-state index contributed by atoms with van der Waals surface area (Å²) in [4.78, 5) is 25.2. The molecule has 4 atom stereocenters. The Morgan fingerprint density at radius 2 is 1.76 bits per heavy atom. The number of ether oxygens (including phenoxy) is 2. The van der Waals surface area contributed by atoms with E-state index < -0.39 is 0 Å². The van der Waals surface area contributed by atoms with Gasteiger partial charge in [-0.15, -0.1) is 0 Å². The third-order valence-electron chi connectivity index (χ3n) is 5.23. The van der Waals surface area contributed by atoms with Gasteiger partial charge >= 0.3 is 0 Å². The van der Waals surface area contributed by atoms with Crippen molar-refractivity contribution < 1.29 is 19.1 Å². The summed E-state index contributed by atoms with van der Waals surface area (Å²) in [5, 5.41) is 5.24. The minimum atomic E-state index is -0.231. The van der Waals surface area contributed by atoms with Gasteiger partial charge in [0.15, 0.2) is 11.5 Å². The van der Waals surface area contributed by atoms with Gasteiger partial charge < -0.3 is 9.47 Å². The monoisotopic (exact) mass is 452 g/mol. The lowest BCUT2D eigenvalue weighted by molar-refractivity contribution is -0.140. The van der Waals surface area contributed by atoms with Crippen LogP contribution in [-0.2, 0) is 9.59 Å². The highest BCUT2D eigenvalue weighted by atomic mass is 127. The molecule has 0 radical (unpaired) electrons. The number of imide groups is 1. The van der Waals surface area contributed by atoms with Crippen molar-refractivity contribution in [2.75, 3.05) is 14.2 Å². The zero-order valence-electron chi connectivity index (χ0n) is 13.8. The summed E-state index contributed by atoms with van der Waals surface area (Å²) in [7, 11) is 3.14. The van der Waals surface area contributed by atoms with Gasteiger partial charge in [0, 0.05) is 0 Å². The number of rotatable bonds is 4. The first kappa shape index (κ1) is 16.6. The van der Waals surface area contributed by atoms with Crippen LogP contribution in [0.4, 0.5) is 0 Å². The summed E-state index contributed by atoms with van der Waals surface area (Å²) in [6.07, 6.45) is 6.58. The fraction of sp³-hybridized carbons (Fsp3) is 0.389. The first-order chi connectivity index (χ1) is 12.0. The number of methoxy groups -OCH3 is 2. The number of hydrazone groups is 1. The van der Waals surface area contributed by atoms with Crippen molar-refractivity contribution in [2.45, 2.75) is 6.42 Å². The molecule has 0 spiro atoms. The van der Waals surface area contributed by atoms with E-state index in [1.54, 1.807) is 20.3 Å². The van der Waals surface area contributed by atoms with E-state index in [1.165, 1.54) is 6.21 Å². The molecule has 7 heteroatoms. The van der Waals surface area contributed by atoms with E-state index in [-0.39, 0.29) is 35.5 Å². The van der Waals surface area contributed by atoms with Gasteiger partial charge in [-0.2, -0.15) is 10.1 Å². The molecule has 0 N–H and O–H groups in total. The van der Waals surface area contributed by atoms with E-state index >= 15 is 0 Å². The number of hydrogen-bond donors (Lipinski definition) is 0. The predicted molar refractivity (Wildman–Crippen MR) is 99.4 cm³/mol. The van der Waals surface area contributed by atoms with Crippen LogP contribution in [-0.4, -0.2) is 37.3 Å². The number of fused-ring (bicyclic) bond motifs is 5. The van der Waals surface area contributed by atoms with Crippen LogP contribution in [0.2, 0.25) is 0 Å². The molecular weight excluding hydrogens is 435 g/mol. The standard InChI is InChI=1S/C18H17IN2O4/c1-24-13-6-9(5-12(19)16(13)25-2)8-20-21-17(22)14-10-3-4-11(7-10)15(14)18(21)23/h3-6,8,10-11,14-15H,7H2,1-2H3/b20-8-/t10-,11-,14-,15-/m0/s1. The van der Waals surface area contributed by atoms with Crippen molar-refractivity contribution in [3.63, 3.8) is 0 Å². The molecule has 2 aliphatic carbocycles. The van der Waals surface area contributed by atoms with Crippen molar-refractivity contribution in [2.24, 2.45) is 28.8 Å². The van der Waals surface area contributed by atoms with E-state index in [2.05, 4.69) is 39.8 Å². The van der Waals surface area contributed by atoms with Crippen LogP contribution in [0.15, 0.2) is 29.4 Å². The van der Waals surface area contributed by atoms with Crippen LogP contribution in [0, 0.1) is 27.2 Å². The van der Waals surface area contributed by atoms with E-state index in [9.17, 15) is 9.59 Å². The molecule has 1 saturated heterocycles. The van der Waals surface area contributed by atoms with Gasteiger partial charge in [0.2, 0.25) is 0 Å². The fourth-order valence-electron chi connectivity index (χ4n) is 4.14. The third kappa shape index (κ3) is 2.47.